The summed E-state index contributed by atoms with van der Waals surface area (Å²) < 4.78 is 0. The maximum atomic E-state index is 11.9. The molecular formula is C31H31N5O5. The number of fused-ring (bicyclic) bond motifs is 2. The molecule has 0 atom stereocenters. The van der Waals surface area contributed by atoms with Gasteiger partial charge in [-0.1, -0.05) is 30.3 Å². The maximum absolute atomic E-state index is 11.9. The van der Waals surface area contributed by atoms with Gasteiger partial charge in [0.05, 0.1) is 21.9 Å². The molecule has 0 spiro atoms. The van der Waals surface area contributed by atoms with Crippen molar-refractivity contribution in [1.82, 2.24) is 15.2 Å². The second-order valence-electron chi connectivity index (χ2n) is 10.2. The fourth-order valence-electron chi connectivity index (χ4n) is 5.18. The minimum absolute atomic E-state index is 0.0440. The number of carbonyl (C=O) groups is 2. The van der Waals surface area contributed by atoms with Crippen LogP contribution in [0.25, 0.3) is 10.9 Å². The van der Waals surface area contributed by atoms with Gasteiger partial charge < -0.3 is 20.3 Å². The zero-order chi connectivity index (χ0) is 29.1. The SMILES string of the molecule is CC(=O)NCCCc1ccc(C(=Nc2ccc3c(c2)CCN(C(C)=O)C3)c2c(O)[nH]c3ccc([N+](=O)[O-])cc23)cc1. The number of aromatic hydroxyl groups is 1. The first-order valence-electron chi connectivity index (χ1n) is 13.5. The molecule has 3 aromatic carbocycles. The van der Waals surface area contributed by atoms with E-state index in [-0.39, 0.29) is 23.4 Å². The zero-order valence-electron chi connectivity index (χ0n) is 22.9. The number of aliphatic imine (C=N–C) groups is 1. The van der Waals surface area contributed by atoms with Gasteiger partial charge in [-0.3, -0.25) is 19.7 Å². The second kappa shape index (κ2) is 11.6. The van der Waals surface area contributed by atoms with Crippen molar-refractivity contribution >= 4 is 39.8 Å². The van der Waals surface area contributed by atoms with Gasteiger partial charge in [0.1, 0.15) is 0 Å². The largest absolute Gasteiger partial charge is 0.494 e. The van der Waals surface area contributed by atoms with Gasteiger partial charge in [-0.25, -0.2) is 4.99 Å². The first-order chi connectivity index (χ1) is 19.7. The molecule has 210 valence electrons. The van der Waals surface area contributed by atoms with Crippen LogP contribution >= 0.6 is 0 Å². The lowest BCUT2D eigenvalue weighted by molar-refractivity contribution is -0.384. The van der Waals surface area contributed by atoms with E-state index in [9.17, 15) is 24.8 Å². The molecule has 1 aliphatic heterocycles. The minimum atomic E-state index is -0.465. The third-order valence-electron chi connectivity index (χ3n) is 7.34. The number of nitrogens with zero attached hydrogens (tertiary/aromatic N) is 3. The molecule has 0 bridgehead atoms. The molecular weight excluding hydrogens is 522 g/mol. The third-order valence-corrected chi connectivity index (χ3v) is 7.34. The number of aryl methyl sites for hydroxylation is 1. The Morgan fingerprint density at radius 3 is 2.56 bits per heavy atom. The number of nitrogens with one attached hydrogen (secondary N) is 2. The van der Waals surface area contributed by atoms with Crippen LogP contribution in [0, 0.1) is 10.1 Å². The van der Waals surface area contributed by atoms with E-state index >= 15 is 0 Å². The highest BCUT2D eigenvalue weighted by atomic mass is 16.6. The predicted molar refractivity (Wildman–Crippen MR) is 157 cm³/mol. The van der Waals surface area contributed by atoms with E-state index in [2.05, 4.69) is 10.3 Å². The van der Waals surface area contributed by atoms with Crippen LogP contribution in [0.3, 0.4) is 0 Å². The number of hydrogen-bond acceptors (Lipinski definition) is 6. The Morgan fingerprint density at radius 1 is 1.07 bits per heavy atom. The highest BCUT2D eigenvalue weighted by Crippen LogP contribution is 2.34. The van der Waals surface area contributed by atoms with Crippen molar-refractivity contribution in [2.75, 3.05) is 13.1 Å². The number of amides is 2. The van der Waals surface area contributed by atoms with E-state index < -0.39 is 4.92 Å². The Balaban J connectivity index is 1.56. The van der Waals surface area contributed by atoms with Gasteiger partial charge >= 0.3 is 0 Å². The number of aromatic amines is 1. The van der Waals surface area contributed by atoms with Crippen LogP contribution < -0.4 is 5.32 Å². The predicted octanol–water partition coefficient (Wildman–Crippen LogP) is 4.92. The molecule has 2 heterocycles. The second-order valence-corrected chi connectivity index (χ2v) is 10.2. The number of aromatic nitrogens is 1. The molecule has 1 aromatic heterocycles. The smallest absolute Gasteiger partial charge is 0.270 e. The van der Waals surface area contributed by atoms with E-state index in [1.165, 1.54) is 19.1 Å². The maximum Gasteiger partial charge on any atom is 0.270 e. The average molecular weight is 554 g/mol. The first kappa shape index (κ1) is 27.6. The highest BCUT2D eigenvalue weighted by Gasteiger charge is 2.22. The van der Waals surface area contributed by atoms with E-state index in [4.69, 9.17) is 4.99 Å². The number of non-ortho nitro benzene ring substituents is 1. The average Bonchev–Trinajstić information content (AvgIpc) is 3.28. The molecule has 0 radical (unpaired) electrons. The molecule has 2 amide bonds. The lowest BCUT2D eigenvalue weighted by Gasteiger charge is -2.28. The normalized spacial score (nSPS) is 13.2. The van der Waals surface area contributed by atoms with Crippen LogP contribution in [0.1, 0.15) is 48.1 Å². The number of H-pyrrole nitrogens is 1. The van der Waals surface area contributed by atoms with E-state index in [1.54, 1.807) is 13.0 Å². The fourth-order valence-corrected chi connectivity index (χ4v) is 5.18. The topological polar surface area (TPSA) is 141 Å². The molecule has 0 unspecified atom stereocenters. The van der Waals surface area contributed by atoms with Crippen molar-refractivity contribution in [3.63, 3.8) is 0 Å². The molecule has 5 rings (SSSR count). The van der Waals surface area contributed by atoms with Crippen molar-refractivity contribution in [3.8, 4) is 5.88 Å². The van der Waals surface area contributed by atoms with Crippen LogP contribution in [0.2, 0.25) is 0 Å². The molecule has 10 heteroatoms. The molecule has 0 saturated carbocycles. The van der Waals surface area contributed by atoms with Gasteiger partial charge in [0.15, 0.2) is 5.88 Å². The lowest BCUT2D eigenvalue weighted by Crippen LogP contribution is -2.34. The Bertz CT molecular complexity index is 1670. The Labute approximate surface area is 236 Å². The number of rotatable bonds is 8. The van der Waals surface area contributed by atoms with Gasteiger partial charge in [0, 0.05) is 62.1 Å². The molecule has 0 fully saturated rings. The highest BCUT2D eigenvalue weighted by molar-refractivity contribution is 6.22. The summed E-state index contributed by atoms with van der Waals surface area (Å²) in [4.78, 5) is 43.8. The molecule has 4 aromatic rings. The molecule has 1 aliphatic rings. The Kier molecular flexibility index (Phi) is 7.82. The molecule has 0 saturated heterocycles. The van der Waals surface area contributed by atoms with Crippen molar-refractivity contribution < 1.29 is 19.6 Å². The quantitative estimate of drug-likeness (QED) is 0.123. The molecule has 3 N–H and O–H groups in total. The minimum Gasteiger partial charge on any atom is -0.494 e. The summed E-state index contributed by atoms with van der Waals surface area (Å²) in [5, 5.41) is 25.8. The van der Waals surface area contributed by atoms with Crippen molar-refractivity contribution in [3.05, 3.63) is 98.6 Å². The summed E-state index contributed by atoms with van der Waals surface area (Å²) in [7, 11) is 0. The van der Waals surface area contributed by atoms with E-state index in [0.29, 0.717) is 53.9 Å². The summed E-state index contributed by atoms with van der Waals surface area (Å²) in [6.45, 7) is 4.85. The number of nitro benzene ring substituents is 1. The van der Waals surface area contributed by atoms with Crippen LogP contribution in [-0.4, -0.2) is 50.5 Å². The summed E-state index contributed by atoms with van der Waals surface area (Å²) in [5.74, 6) is -0.144. The van der Waals surface area contributed by atoms with Gasteiger partial charge in [0.25, 0.3) is 5.69 Å². The number of nitro groups is 1. The first-order valence-corrected chi connectivity index (χ1v) is 13.5. The summed E-state index contributed by atoms with van der Waals surface area (Å²) >= 11 is 0. The monoisotopic (exact) mass is 553 g/mol. The fraction of sp³-hybridized carbons (Fsp3) is 0.258. The summed E-state index contributed by atoms with van der Waals surface area (Å²) in [6, 6.07) is 18.1. The standard InChI is InChI=1S/C31H31N5O5/c1-19(37)32-14-3-4-21-5-7-22(8-6-21)30(29-27-17-26(36(40)41)11-12-28(27)34-31(29)39)33-25-10-9-24-18-35(20(2)38)15-13-23(24)16-25/h5-12,16-17,34,39H,3-4,13-15,18H2,1-2H3,(H,32,37). The van der Waals surface area contributed by atoms with Gasteiger partial charge in [0.2, 0.25) is 11.8 Å². The van der Waals surface area contributed by atoms with Crippen LogP contribution in [0.4, 0.5) is 11.4 Å². The number of hydrogen-bond donors (Lipinski definition) is 3. The van der Waals surface area contributed by atoms with Crippen molar-refractivity contribution in [2.24, 2.45) is 4.99 Å². The van der Waals surface area contributed by atoms with Gasteiger partial charge in [-0.05, 0) is 54.2 Å². The Morgan fingerprint density at radius 2 is 1.85 bits per heavy atom. The van der Waals surface area contributed by atoms with Crippen LogP contribution in [-0.2, 0) is 29.0 Å². The van der Waals surface area contributed by atoms with Gasteiger partial charge in [-0.2, -0.15) is 0 Å². The van der Waals surface area contributed by atoms with E-state index in [1.807, 2.05) is 47.4 Å². The zero-order valence-corrected chi connectivity index (χ0v) is 22.9. The summed E-state index contributed by atoms with van der Waals surface area (Å²) in [5.41, 5.74) is 5.99. The summed E-state index contributed by atoms with van der Waals surface area (Å²) in [6.07, 6.45) is 2.29. The van der Waals surface area contributed by atoms with E-state index in [0.717, 1.165) is 35.1 Å². The van der Waals surface area contributed by atoms with Crippen LogP contribution in [0.5, 0.6) is 5.88 Å². The Hall–Kier alpha value is -4.99. The van der Waals surface area contributed by atoms with Crippen LogP contribution in [0.15, 0.2) is 65.7 Å². The van der Waals surface area contributed by atoms with Crippen molar-refractivity contribution in [2.45, 2.75) is 39.7 Å². The molecule has 41 heavy (non-hydrogen) atoms. The molecule has 10 nitrogen and oxygen atoms in total. The number of benzene rings is 3. The number of carbonyl (C=O) groups excluding carboxylic acids is 2. The van der Waals surface area contributed by atoms with Crippen molar-refractivity contribution in [1.29, 1.82) is 0 Å². The lowest BCUT2D eigenvalue weighted by atomic mass is 9.97. The third kappa shape index (κ3) is 6.11. The molecule has 0 aliphatic carbocycles. The van der Waals surface area contributed by atoms with Gasteiger partial charge in [-0.15, -0.1) is 0 Å².